The molecule has 0 aliphatic rings. The molecule has 2 N–H and O–H groups in total. The largest absolute Gasteiger partial charge is 0.335 e. The first-order chi connectivity index (χ1) is 10.1. The van der Waals surface area contributed by atoms with E-state index in [0.717, 1.165) is 16.5 Å². The molecule has 21 heavy (non-hydrogen) atoms. The molecule has 1 aromatic carbocycles. The summed E-state index contributed by atoms with van der Waals surface area (Å²) in [6.07, 6.45) is 4.23. The van der Waals surface area contributed by atoms with E-state index < -0.39 is 0 Å². The van der Waals surface area contributed by atoms with E-state index in [4.69, 9.17) is 0 Å². The van der Waals surface area contributed by atoms with E-state index in [2.05, 4.69) is 37.6 Å². The quantitative estimate of drug-likeness (QED) is 0.871. The second-order valence-corrected chi connectivity index (χ2v) is 5.74. The van der Waals surface area contributed by atoms with E-state index in [1.807, 2.05) is 37.3 Å². The zero-order valence-electron chi connectivity index (χ0n) is 11.8. The molecule has 2 rings (SSSR count). The van der Waals surface area contributed by atoms with Crippen LogP contribution in [0, 0.1) is 0 Å². The minimum atomic E-state index is -0.168. The Bertz CT molecular complexity index is 589. The lowest BCUT2D eigenvalue weighted by atomic mass is 10.1. The zero-order valence-corrected chi connectivity index (χ0v) is 13.4. The van der Waals surface area contributed by atoms with Crippen molar-refractivity contribution in [3.63, 3.8) is 0 Å². The first-order valence-corrected chi connectivity index (χ1v) is 7.61. The van der Waals surface area contributed by atoms with E-state index in [-0.39, 0.29) is 12.1 Å². The fraction of sp³-hybridized carbons (Fsp3) is 0.250. The molecular weight excluding hydrogens is 330 g/mol. The summed E-state index contributed by atoms with van der Waals surface area (Å²) in [6.45, 7) is 2.46. The number of aromatic nitrogens is 1. The standard InChI is InChI=1S/C16H18BrN3O/c1-12(9-14-6-2-3-7-15(14)17)20-16(21)19-11-13-5-4-8-18-10-13/h2-8,10,12H,9,11H2,1H3,(H2,19,20,21). The maximum Gasteiger partial charge on any atom is 0.315 e. The van der Waals surface area contributed by atoms with Crippen molar-refractivity contribution in [2.75, 3.05) is 0 Å². The van der Waals surface area contributed by atoms with Gasteiger partial charge in [-0.25, -0.2) is 4.79 Å². The number of amides is 2. The Hall–Kier alpha value is -1.88. The molecule has 1 unspecified atom stereocenters. The first-order valence-electron chi connectivity index (χ1n) is 6.82. The van der Waals surface area contributed by atoms with E-state index in [9.17, 15) is 4.79 Å². The van der Waals surface area contributed by atoms with E-state index in [0.29, 0.717) is 6.54 Å². The summed E-state index contributed by atoms with van der Waals surface area (Å²) in [5.41, 5.74) is 2.16. The Morgan fingerprint density at radius 1 is 1.29 bits per heavy atom. The number of hydrogen-bond acceptors (Lipinski definition) is 2. The highest BCUT2D eigenvalue weighted by molar-refractivity contribution is 9.10. The van der Waals surface area contributed by atoms with Gasteiger partial charge in [0.15, 0.2) is 0 Å². The maximum atomic E-state index is 11.8. The van der Waals surface area contributed by atoms with Crippen LogP contribution in [0.1, 0.15) is 18.1 Å². The molecule has 0 spiro atoms. The lowest BCUT2D eigenvalue weighted by Gasteiger charge is -2.15. The van der Waals surface area contributed by atoms with Gasteiger partial charge in [-0.2, -0.15) is 0 Å². The van der Waals surface area contributed by atoms with Gasteiger partial charge in [-0.15, -0.1) is 0 Å². The molecule has 110 valence electrons. The molecule has 0 aliphatic heterocycles. The van der Waals surface area contributed by atoms with Gasteiger partial charge in [-0.3, -0.25) is 4.98 Å². The summed E-state index contributed by atoms with van der Waals surface area (Å²) in [4.78, 5) is 15.9. The van der Waals surface area contributed by atoms with E-state index >= 15 is 0 Å². The van der Waals surface area contributed by atoms with Gasteiger partial charge in [0.1, 0.15) is 0 Å². The van der Waals surface area contributed by atoms with Gasteiger partial charge in [-0.1, -0.05) is 40.2 Å². The molecule has 1 heterocycles. The van der Waals surface area contributed by atoms with Crippen LogP contribution in [0.4, 0.5) is 4.79 Å². The van der Waals surface area contributed by atoms with Crippen molar-refractivity contribution in [3.8, 4) is 0 Å². The summed E-state index contributed by atoms with van der Waals surface area (Å²) in [5, 5.41) is 5.76. The second kappa shape index (κ2) is 7.78. The summed E-state index contributed by atoms with van der Waals surface area (Å²) >= 11 is 3.52. The third-order valence-corrected chi connectivity index (χ3v) is 3.81. The predicted octanol–water partition coefficient (Wildman–Crippen LogP) is 3.27. The Balaban J connectivity index is 1.78. The van der Waals surface area contributed by atoms with Crippen molar-refractivity contribution in [2.24, 2.45) is 0 Å². The number of pyridine rings is 1. The zero-order chi connectivity index (χ0) is 15.1. The molecule has 0 saturated carbocycles. The number of carbonyl (C=O) groups is 1. The van der Waals surface area contributed by atoms with Gasteiger partial charge in [0.05, 0.1) is 0 Å². The van der Waals surface area contributed by atoms with Gasteiger partial charge in [-0.05, 0) is 36.6 Å². The summed E-state index contributed by atoms with van der Waals surface area (Å²) in [7, 11) is 0. The van der Waals surface area contributed by atoms with E-state index in [1.165, 1.54) is 5.56 Å². The summed E-state index contributed by atoms with van der Waals surface area (Å²) in [6, 6.07) is 11.7. The van der Waals surface area contributed by atoms with Crippen molar-refractivity contribution < 1.29 is 4.79 Å². The Labute approximate surface area is 133 Å². The van der Waals surface area contributed by atoms with Crippen LogP contribution in [0.15, 0.2) is 53.3 Å². The minimum Gasteiger partial charge on any atom is -0.335 e. The van der Waals surface area contributed by atoms with Crippen molar-refractivity contribution in [3.05, 3.63) is 64.4 Å². The molecule has 2 amide bonds. The smallest absolute Gasteiger partial charge is 0.315 e. The predicted molar refractivity (Wildman–Crippen MR) is 86.9 cm³/mol. The summed E-state index contributed by atoms with van der Waals surface area (Å²) in [5.74, 6) is 0. The number of rotatable bonds is 5. The SMILES string of the molecule is CC(Cc1ccccc1Br)NC(=O)NCc1cccnc1. The third kappa shape index (κ3) is 5.19. The number of carbonyl (C=O) groups excluding carboxylic acids is 1. The number of nitrogens with zero attached hydrogens (tertiary/aromatic N) is 1. The second-order valence-electron chi connectivity index (χ2n) is 4.88. The highest BCUT2D eigenvalue weighted by Crippen LogP contribution is 2.17. The van der Waals surface area contributed by atoms with Gasteiger partial charge >= 0.3 is 6.03 Å². The van der Waals surface area contributed by atoms with Crippen LogP contribution in [0.3, 0.4) is 0 Å². The first kappa shape index (κ1) is 15.5. The minimum absolute atomic E-state index is 0.0533. The van der Waals surface area contributed by atoms with Gasteiger partial charge in [0.25, 0.3) is 0 Å². The highest BCUT2D eigenvalue weighted by Gasteiger charge is 2.09. The fourth-order valence-electron chi connectivity index (χ4n) is 2.00. The lowest BCUT2D eigenvalue weighted by Crippen LogP contribution is -2.41. The van der Waals surface area contributed by atoms with Crippen LogP contribution in [0.25, 0.3) is 0 Å². The highest BCUT2D eigenvalue weighted by atomic mass is 79.9. The molecular formula is C16H18BrN3O. The number of halogens is 1. The Morgan fingerprint density at radius 2 is 2.10 bits per heavy atom. The van der Waals surface area contributed by atoms with Gasteiger partial charge in [0, 0.05) is 29.5 Å². The fourth-order valence-corrected chi connectivity index (χ4v) is 2.45. The molecule has 1 atom stereocenters. The average molecular weight is 348 g/mol. The van der Waals surface area contributed by atoms with Crippen LogP contribution >= 0.6 is 15.9 Å². The number of nitrogens with one attached hydrogen (secondary N) is 2. The molecule has 2 aromatic rings. The van der Waals surface area contributed by atoms with Crippen molar-refractivity contribution in [2.45, 2.75) is 25.9 Å². The van der Waals surface area contributed by atoms with E-state index in [1.54, 1.807) is 12.4 Å². The van der Waals surface area contributed by atoms with Gasteiger partial charge < -0.3 is 10.6 Å². The van der Waals surface area contributed by atoms with Crippen molar-refractivity contribution in [1.82, 2.24) is 15.6 Å². The number of benzene rings is 1. The molecule has 0 radical (unpaired) electrons. The van der Waals surface area contributed by atoms with Crippen LogP contribution in [-0.4, -0.2) is 17.1 Å². The van der Waals surface area contributed by atoms with Crippen LogP contribution in [0.2, 0.25) is 0 Å². The normalized spacial score (nSPS) is 11.7. The molecule has 1 aromatic heterocycles. The molecule has 0 bridgehead atoms. The van der Waals surface area contributed by atoms with Crippen molar-refractivity contribution in [1.29, 1.82) is 0 Å². The third-order valence-electron chi connectivity index (χ3n) is 3.04. The van der Waals surface area contributed by atoms with Crippen LogP contribution in [0.5, 0.6) is 0 Å². The number of urea groups is 1. The lowest BCUT2D eigenvalue weighted by molar-refractivity contribution is 0.237. The topological polar surface area (TPSA) is 54.0 Å². The maximum absolute atomic E-state index is 11.8. The van der Waals surface area contributed by atoms with Crippen LogP contribution < -0.4 is 10.6 Å². The molecule has 4 nitrogen and oxygen atoms in total. The molecule has 0 fully saturated rings. The monoisotopic (exact) mass is 347 g/mol. The molecule has 5 heteroatoms. The Morgan fingerprint density at radius 3 is 2.81 bits per heavy atom. The number of hydrogen-bond donors (Lipinski definition) is 2. The van der Waals surface area contributed by atoms with Crippen molar-refractivity contribution >= 4 is 22.0 Å². The molecule has 0 saturated heterocycles. The average Bonchev–Trinajstić information content (AvgIpc) is 2.48. The Kier molecular flexibility index (Phi) is 5.75. The summed E-state index contributed by atoms with van der Waals surface area (Å²) < 4.78 is 1.06. The van der Waals surface area contributed by atoms with Gasteiger partial charge in [0.2, 0.25) is 0 Å². The molecule has 0 aliphatic carbocycles. The van der Waals surface area contributed by atoms with Crippen LogP contribution in [-0.2, 0) is 13.0 Å².